The van der Waals surface area contributed by atoms with E-state index in [1.807, 2.05) is 6.07 Å². The summed E-state index contributed by atoms with van der Waals surface area (Å²) in [5.74, 6) is 0.234. The first kappa shape index (κ1) is 12.1. The van der Waals surface area contributed by atoms with Crippen molar-refractivity contribution in [3.05, 3.63) is 35.9 Å². The zero-order chi connectivity index (χ0) is 12.5. The molecule has 0 spiro atoms. The number of hydrogen-bond acceptors (Lipinski definition) is 2. The Morgan fingerprint density at radius 3 is 2.65 bits per heavy atom. The van der Waals surface area contributed by atoms with Gasteiger partial charge < -0.3 is 5.73 Å². The van der Waals surface area contributed by atoms with E-state index >= 15 is 0 Å². The van der Waals surface area contributed by atoms with E-state index < -0.39 is 0 Å². The Kier molecular flexibility index (Phi) is 3.20. The number of carbonyl (C=O) groups excluding carboxylic acids is 1. The highest BCUT2D eigenvalue weighted by molar-refractivity contribution is 5.76. The van der Waals surface area contributed by atoms with Gasteiger partial charge >= 0.3 is 0 Å². The molecule has 0 unspecified atom stereocenters. The number of carbonyl (C=O) groups is 1. The number of hydrogen-bond donors (Lipinski definition) is 1. The fraction of sp³-hybridized carbons (Fsp3) is 0.500. The van der Waals surface area contributed by atoms with Crippen molar-refractivity contribution in [1.29, 1.82) is 0 Å². The van der Waals surface area contributed by atoms with Gasteiger partial charge in [0.25, 0.3) is 0 Å². The molecule has 1 saturated heterocycles. The maximum atomic E-state index is 11.0. The normalized spacial score (nSPS) is 23.8. The average molecular weight is 232 g/mol. The first-order valence-corrected chi connectivity index (χ1v) is 6.04. The third-order valence-corrected chi connectivity index (χ3v) is 3.60. The lowest BCUT2D eigenvalue weighted by Gasteiger charge is -2.26. The highest BCUT2D eigenvalue weighted by atomic mass is 16.1. The molecule has 0 radical (unpaired) electrons. The Bertz CT molecular complexity index is 400. The highest BCUT2D eigenvalue weighted by Crippen LogP contribution is 2.41. The van der Waals surface area contributed by atoms with Crippen LogP contribution in [0.15, 0.2) is 30.3 Å². The van der Waals surface area contributed by atoms with Crippen LogP contribution in [0, 0.1) is 5.41 Å². The minimum absolute atomic E-state index is 0.191. The van der Waals surface area contributed by atoms with Gasteiger partial charge in [-0.05, 0) is 11.0 Å². The summed E-state index contributed by atoms with van der Waals surface area (Å²) in [4.78, 5) is 13.1. The standard InChI is InChI=1S/C14H20N2O/c1-14(2)10-16(9-13(15)17)8-12(14)11-6-4-3-5-7-11/h3-7,12H,8-10H2,1-2H3,(H2,15,17)/t12-/m1/s1. The summed E-state index contributed by atoms with van der Waals surface area (Å²) in [5.41, 5.74) is 6.81. The number of likely N-dealkylation sites (tertiary alicyclic amines) is 1. The predicted octanol–water partition coefficient (Wildman–Crippen LogP) is 1.60. The molecule has 3 nitrogen and oxygen atoms in total. The molecule has 1 aliphatic rings. The van der Waals surface area contributed by atoms with E-state index in [-0.39, 0.29) is 11.3 Å². The minimum atomic E-state index is -0.241. The average Bonchev–Trinajstić information content (AvgIpc) is 2.53. The molecule has 17 heavy (non-hydrogen) atoms. The molecule has 3 heteroatoms. The Hall–Kier alpha value is -1.35. The van der Waals surface area contributed by atoms with Gasteiger partial charge in [0.1, 0.15) is 0 Å². The number of nitrogens with two attached hydrogens (primary N) is 1. The van der Waals surface area contributed by atoms with Gasteiger partial charge in [-0.3, -0.25) is 9.69 Å². The van der Waals surface area contributed by atoms with Crippen LogP contribution in [0.2, 0.25) is 0 Å². The van der Waals surface area contributed by atoms with Gasteiger partial charge in [-0.2, -0.15) is 0 Å². The zero-order valence-electron chi connectivity index (χ0n) is 10.5. The van der Waals surface area contributed by atoms with Crippen molar-refractivity contribution < 1.29 is 4.79 Å². The predicted molar refractivity (Wildman–Crippen MR) is 68.6 cm³/mol. The van der Waals surface area contributed by atoms with E-state index in [2.05, 4.69) is 43.0 Å². The molecule has 1 atom stereocenters. The molecule has 1 aromatic rings. The van der Waals surface area contributed by atoms with Crippen molar-refractivity contribution in [1.82, 2.24) is 4.90 Å². The maximum Gasteiger partial charge on any atom is 0.231 e. The van der Waals surface area contributed by atoms with Crippen molar-refractivity contribution in [3.8, 4) is 0 Å². The van der Waals surface area contributed by atoms with Crippen molar-refractivity contribution >= 4 is 5.91 Å². The molecule has 1 aromatic carbocycles. The van der Waals surface area contributed by atoms with Gasteiger partial charge in [-0.1, -0.05) is 44.2 Å². The third kappa shape index (κ3) is 2.67. The number of nitrogens with zero attached hydrogens (tertiary/aromatic N) is 1. The summed E-state index contributed by atoms with van der Waals surface area (Å²) in [7, 11) is 0. The van der Waals surface area contributed by atoms with Crippen LogP contribution in [0.3, 0.4) is 0 Å². The minimum Gasteiger partial charge on any atom is -0.369 e. The van der Waals surface area contributed by atoms with Gasteiger partial charge in [-0.25, -0.2) is 0 Å². The molecule has 1 heterocycles. The van der Waals surface area contributed by atoms with Gasteiger partial charge in [0.15, 0.2) is 0 Å². The summed E-state index contributed by atoms with van der Waals surface area (Å²) in [6.45, 7) is 6.72. The fourth-order valence-corrected chi connectivity index (χ4v) is 2.84. The summed E-state index contributed by atoms with van der Waals surface area (Å²) < 4.78 is 0. The lowest BCUT2D eigenvalue weighted by molar-refractivity contribution is -0.118. The van der Waals surface area contributed by atoms with Gasteiger partial charge in [0.05, 0.1) is 6.54 Å². The van der Waals surface area contributed by atoms with Gasteiger partial charge in [-0.15, -0.1) is 0 Å². The highest BCUT2D eigenvalue weighted by Gasteiger charge is 2.40. The van der Waals surface area contributed by atoms with Crippen LogP contribution in [0.4, 0.5) is 0 Å². The Labute approximate surface area is 103 Å². The second-order valence-corrected chi connectivity index (χ2v) is 5.59. The Morgan fingerprint density at radius 1 is 1.41 bits per heavy atom. The van der Waals surface area contributed by atoms with Crippen LogP contribution < -0.4 is 5.73 Å². The summed E-state index contributed by atoms with van der Waals surface area (Å²) in [6, 6.07) is 10.5. The van der Waals surface area contributed by atoms with Crippen LogP contribution in [0.25, 0.3) is 0 Å². The number of benzene rings is 1. The summed E-state index contributed by atoms with van der Waals surface area (Å²) in [6.07, 6.45) is 0. The molecule has 92 valence electrons. The lowest BCUT2D eigenvalue weighted by atomic mass is 9.78. The second kappa shape index (κ2) is 4.49. The number of amides is 1. The molecular formula is C14H20N2O. The van der Waals surface area contributed by atoms with E-state index in [1.165, 1.54) is 5.56 Å². The van der Waals surface area contributed by atoms with E-state index in [9.17, 15) is 4.79 Å². The summed E-state index contributed by atoms with van der Waals surface area (Å²) >= 11 is 0. The van der Waals surface area contributed by atoms with Crippen LogP contribution in [0.5, 0.6) is 0 Å². The van der Waals surface area contributed by atoms with Crippen LogP contribution in [0.1, 0.15) is 25.3 Å². The topological polar surface area (TPSA) is 46.3 Å². The van der Waals surface area contributed by atoms with Crippen molar-refractivity contribution in [2.45, 2.75) is 19.8 Å². The van der Waals surface area contributed by atoms with E-state index in [0.29, 0.717) is 12.5 Å². The van der Waals surface area contributed by atoms with Crippen LogP contribution >= 0.6 is 0 Å². The van der Waals surface area contributed by atoms with E-state index in [0.717, 1.165) is 13.1 Å². The van der Waals surface area contributed by atoms with Gasteiger partial charge in [0.2, 0.25) is 5.91 Å². The Balaban J connectivity index is 2.16. The second-order valence-electron chi connectivity index (χ2n) is 5.59. The number of rotatable bonds is 3. The molecule has 2 N–H and O–H groups in total. The molecule has 1 amide bonds. The van der Waals surface area contributed by atoms with Gasteiger partial charge in [0, 0.05) is 19.0 Å². The van der Waals surface area contributed by atoms with Crippen LogP contribution in [-0.2, 0) is 4.79 Å². The van der Waals surface area contributed by atoms with Crippen molar-refractivity contribution in [2.24, 2.45) is 11.1 Å². The molecule has 0 aliphatic carbocycles. The molecular weight excluding hydrogens is 212 g/mol. The third-order valence-electron chi connectivity index (χ3n) is 3.60. The Morgan fingerprint density at radius 2 is 2.06 bits per heavy atom. The first-order valence-electron chi connectivity index (χ1n) is 6.04. The fourth-order valence-electron chi connectivity index (χ4n) is 2.84. The quantitative estimate of drug-likeness (QED) is 0.860. The molecule has 0 saturated carbocycles. The lowest BCUT2D eigenvalue weighted by Crippen LogP contribution is -2.33. The monoisotopic (exact) mass is 232 g/mol. The van der Waals surface area contributed by atoms with Crippen molar-refractivity contribution in [3.63, 3.8) is 0 Å². The molecule has 0 bridgehead atoms. The molecule has 0 aromatic heterocycles. The first-order chi connectivity index (χ1) is 7.99. The molecule has 2 rings (SSSR count). The smallest absolute Gasteiger partial charge is 0.231 e. The summed E-state index contributed by atoms with van der Waals surface area (Å²) in [5, 5.41) is 0. The largest absolute Gasteiger partial charge is 0.369 e. The molecule has 1 fully saturated rings. The SMILES string of the molecule is CC1(C)CN(CC(N)=O)C[C@@H]1c1ccccc1. The van der Waals surface area contributed by atoms with E-state index in [1.54, 1.807) is 0 Å². The van der Waals surface area contributed by atoms with Crippen molar-refractivity contribution in [2.75, 3.05) is 19.6 Å². The molecule has 1 aliphatic heterocycles. The number of primary amides is 1. The zero-order valence-corrected chi connectivity index (χ0v) is 10.5. The van der Waals surface area contributed by atoms with E-state index in [4.69, 9.17) is 5.73 Å². The maximum absolute atomic E-state index is 11.0. The van der Waals surface area contributed by atoms with Crippen LogP contribution in [-0.4, -0.2) is 30.4 Å².